The molecule has 0 aliphatic heterocycles. The van der Waals surface area contributed by atoms with Gasteiger partial charge in [0.25, 0.3) is 10.0 Å². The average molecular weight is 386 g/mol. The Hall–Kier alpha value is -1.55. The van der Waals surface area contributed by atoms with Crippen LogP contribution in [0.25, 0.3) is 0 Å². The highest BCUT2D eigenvalue weighted by Gasteiger charge is 2.17. The predicted molar refractivity (Wildman–Crippen MR) is 85.9 cm³/mol. The van der Waals surface area contributed by atoms with Gasteiger partial charge in [0.1, 0.15) is 0 Å². The van der Waals surface area contributed by atoms with Crippen molar-refractivity contribution in [3.05, 3.63) is 57.0 Å². The number of aryl methyl sites for hydroxylation is 1. The molecule has 0 unspecified atom stereocenters. The van der Waals surface area contributed by atoms with Crippen LogP contribution >= 0.6 is 27.5 Å². The first-order chi connectivity index (χ1) is 9.83. The molecule has 0 radical (unpaired) electrons. The zero-order chi connectivity index (χ0) is 15.6. The van der Waals surface area contributed by atoms with Gasteiger partial charge in [0.2, 0.25) is 0 Å². The number of nitrogens with zero attached hydrogens (tertiary/aromatic N) is 1. The maximum atomic E-state index is 12.4. The lowest BCUT2D eigenvalue weighted by atomic mass is 10.2. The smallest absolute Gasteiger partial charge is 0.262 e. The molecule has 21 heavy (non-hydrogen) atoms. The Morgan fingerprint density at radius 3 is 2.52 bits per heavy atom. The van der Waals surface area contributed by atoms with Gasteiger partial charge in [-0.15, -0.1) is 0 Å². The fraction of sp³-hybridized carbons (Fsp3) is 0.0714. The van der Waals surface area contributed by atoms with E-state index in [0.29, 0.717) is 26.3 Å². The summed E-state index contributed by atoms with van der Waals surface area (Å²) < 4.78 is 27.9. The third kappa shape index (κ3) is 3.56. The first-order valence-corrected chi connectivity index (χ1v) is 8.47. The van der Waals surface area contributed by atoms with Crippen molar-refractivity contribution < 1.29 is 8.42 Å². The number of nitrogens with one attached hydrogen (secondary N) is 1. The largest absolute Gasteiger partial charge is 0.280 e. The van der Waals surface area contributed by atoms with Gasteiger partial charge in [0.05, 0.1) is 27.2 Å². The molecule has 0 saturated heterocycles. The van der Waals surface area contributed by atoms with Crippen LogP contribution in [0.3, 0.4) is 0 Å². The van der Waals surface area contributed by atoms with Gasteiger partial charge in [-0.2, -0.15) is 5.26 Å². The van der Waals surface area contributed by atoms with Crippen LogP contribution in [0.2, 0.25) is 5.02 Å². The Bertz CT molecular complexity index is 845. The Morgan fingerprint density at radius 1 is 1.24 bits per heavy atom. The van der Waals surface area contributed by atoms with Crippen molar-refractivity contribution >= 4 is 43.2 Å². The summed E-state index contributed by atoms with van der Waals surface area (Å²) in [4.78, 5) is 0.126. The molecule has 0 atom stereocenters. The molecule has 2 rings (SSSR count). The second-order valence-electron chi connectivity index (χ2n) is 4.33. The normalized spacial score (nSPS) is 11.0. The highest BCUT2D eigenvalue weighted by atomic mass is 79.9. The van der Waals surface area contributed by atoms with E-state index in [2.05, 4.69) is 20.7 Å². The van der Waals surface area contributed by atoms with Gasteiger partial charge < -0.3 is 0 Å². The second-order valence-corrected chi connectivity index (χ2v) is 7.24. The molecule has 108 valence electrons. The van der Waals surface area contributed by atoms with Crippen LogP contribution in [0.4, 0.5) is 5.69 Å². The molecular weight excluding hydrogens is 376 g/mol. The number of halogens is 2. The van der Waals surface area contributed by atoms with E-state index in [1.54, 1.807) is 19.1 Å². The van der Waals surface area contributed by atoms with E-state index in [1.165, 1.54) is 24.3 Å². The molecule has 4 nitrogen and oxygen atoms in total. The fourth-order valence-electron chi connectivity index (χ4n) is 1.79. The van der Waals surface area contributed by atoms with Crippen LogP contribution in [-0.4, -0.2) is 8.42 Å². The summed E-state index contributed by atoms with van der Waals surface area (Å²) in [7, 11) is -3.73. The Kier molecular flexibility index (Phi) is 4.57. The molecule has 0 bridgehead atoms. The maximum absolute atomic E-state index is 12.4. The van der Waals surface area contributed by atoms with Crippen LogP contribution in [0.1, 0.15) is 11.1 Å². The van der Waals surface area contributed by atoms with E-state index in [0.717, 1.165) is 0 Å². The summed E-state index contributed by atoms with van der Waals surface area (Å²) in [5, 5.41) is 9.22. The molecule has 7 heteroatoms. The van der Waals surface area contributed by atoms with E-state index in [-0.39, 0.29) is 4.90 Å². The van der Waals surface area contributed by atoms with Crippen molar-refractivity contribution in [1.82, 2.24) is 0 Å². The van der Waals surface area contributed by atoms with E-state index >= 15 is 0 Å². The van der Waals surface area contributed by atoms with Gasteiger partial charge in [0, 0.05) is 4.47 Å². The zero-order valence-corrected chi connectivity index (χ0v) is 14.1. The molecular formula is C14H10BrClN2O2S. The molecule has 2 aromatic rings. The molecule has 0 saturated carbocycles. The molecule has 0 heterocycles. The minimum atomic E-state index is -3.73. The molecule has 0 fully saturated rings. The minimum Gasteiger partial charge on any atom is -0.280 e. The van der Waals surface area contributed by atoms with E-state index < -0.39 is 10.0 Å². The van der Waals surface area contributed by atoms with Crippen molar-refractivity contribution in [2.45, 2.75) is 11.8 Å². The number of hydrogen-bond acceptors (Lipinski definition) is 3. The van der Waals surface area contributed by atoms with Gasteiger partial charge in [-0.05, 0) is 64.8 Å². The molecule has 0 spiro atoms. The van der Waals surface area contributed by atoms with Gasteiger partial charge in [-0.25, -0.2) is 8.42 Å². The summed E-state index contributed by atoms with van der Waals surface area (Å²) in [6.45, 7) is 1.64. The Balaban J connectivity index is 2.38. The van der Waals surface area contributed by atoms with Crippen LogP contribution in [-0.2, 0) is 10.0 Å². The standard InChI is InChI=1S/C14H10BrClN2O2S/c1-9-6-10(8-17)2-5-14(9)21(19,20)18-11-3-4-12(15)13(16)7-11/h2-7,18H,1H3. The number of sulfonamides is 1. The molecule has 0 amide bonds. The third-order valence-electron chi connectivity index (χ3n) is 2.77. The fourth-order valence-corrected chi connectivity index (χ4v) is 3.49. The zero-order valence-electron chi connectivity index (χ0n) is 10.9. The first-order valence-electron chi connectivity index (χ1n) is 5.82. The maximum Gasteiger partial charge on any atom is 0.262 e. The molecule has 0 aliphatic carbocycles. The summed E-state index contributed by atoms with van der Waals surface area (Å²) in [5.41, 5.74) is 1.29. The molecule has 1 N–H and O–H groups in total. The van der Waals surface area contributed by atoms with Crippen LogP contribution in [0.15, 0.2) is 45.8 Å². The summed E-state index contributed by atoms with van der Waals surface area (Å²) in [6, 6.07) is 11.2. The first kappa shape index (κ1) is 15.8. The monoisotopic (exact) mass is 384 g/mol. The third-order valence-corrected chi connectivity index (χ3v) is 5.54. The highest BCUT2D eigenvalue weighted by Crippen LogP contribution is 2.27. The molecule has 0 aliphatic rings. The Morgan fingerprint density at radius 2 is 1.95 bits per heavy atom. The van der Waals surface area contributed by atoms with Crippen molar-refractivity contribution in [3.8, 4) is 6.07 Å². The lowest BCUT2D eigenvalue weighted by Gasteiger charge is -2.11. The SMILES string of the molecule is Cc1cc(C#N)ccc1S(=O)(=O)Nc1ccc(Br)c(Cl)c1. The number of hydrogen-bond donors (Lipinski definition) is 1. The minimum absolute atomic E-state index is 0.126. The summed E-state index contributed by atoms with van der Waals surface area (Å²) >= 11 is 9.18. The van der Waals surface area contributed by atoms with E-state index in [9.17, 15) is 8.42 Å². The van der Waals surface area contributed by atoms with Crippen LogP contribution < -0.4 is 4.72 Å². The van der Waals surface area contributed by atoms with Gasteiger partial charge in [-0.3, -0.25) is 4.72 Å². The average Bonchev–Trinajstić information content (AvgIpc) is 2.42. The number of rotatable bonds is 3. The van der Waals surface area contributed by atoms with Gasteiger partial charge in [0.15, 0.2) is 0 Å². The van der Waals surface area contributed by atoms with Gasteiger partial charge >= 0.3 is 0 Å². The van der Waals surface area contributed by atoms with Crippen LogP contribution in [0, 0.1) is 18.3 Å². The summed E-state index contributed by atoms with van der Waals surface area (Å²) in [6.07, 6.45) is 0. The van der Waals surface area contributed by atoms with Crippen molar-refractivity contribution in [2.75, 3.05) is 4.72 Å². The van der Waals surface area contributed by atoms with Gasteiger partial charge in [-0.1, -0.05) is 11.6 Å². The highest BCUT2D eigenvalue weighted by molar-refractivity contribution is 9.10. The van der Waals surface area contributed by atoms with E-state index in [4.69, 9.17) is 16.9 Å². The molecule has 2 aromatic carbocycles. The predicted octanol–water partition coefficient (Wildman–Crippen LogP) is 4.08. The topological polar surface area (TPSA) is 70.0 Å². The Labute approximate surface area is 136 Å². The molecule has 0 aromatic heterocycles. The van der Waals surface area contributed by atoms with Crippen LogP contribution in [0.5, 0.6) is 0 Å². The van der Waals surface area contributed by atoms with Crippen molar-refractivity contribution in [2.24, 2.45) is 0 Å². The van der Waals surface area contributed by atoms with Crippen molar-refractivity contribution in [3.63, 3.8) is 0 Å². The number of nitriles is 1. The van der Waals surface area contributed by atoms with Crippen molar-refractivity contribution in [1.29, 1.82) is 5.26 Å². The quantitative estimate of drug-likeness (QED) is 0.865. The number of anilines is 1. The van der Waals surface area contributed by atoms with E-state index in [1.807, 2.05) is 6.07 Å². The summed E-state index contributed by atoms with van der Waals surface area (Å²) in [5.74, 6) is 0. The second kappa shape index (κ2) is 6.06. The number of benzene rings is 2. The lowest BCUT2D eigenvalue weighted by Crippen LogP contribution is -2.14. The lowest BCUT2D eigenvalue weighted by molar-refractivity contribution is 0.600.